The molecule has 0 aliphatic heterocycles. The largest absolute Gasteiger partial charge is 0.365 e. The van der Waals surface area contributed by atoms with E-state index < -0.39 is 11.7 Å². The Morgan fingerprint density at radius 1 is 1.00 bits per heavy atom. The van der Waals surface area contributed by atoms with Crippen LogP contribution in [0, 0.1) is 5.82 Å². The Bertz CT molecular complexity index is 1390. The highest BCUT2D eigenvalue weighted by molar-refractivity contribution is 5.98. The molecule has 1 saturated carbocycles. The molecule has 3 heterocycles. The van der Waals surface area contributed by atoms with E-state index in [2.05, 4.69) is 25.6 Å². The number of nitrogens with two attached hydrogens (primary N) is 2. The second-order valence-electron chi connectivity index (χ2n) is 8.74. The standard InChI is InChI=1S/C26H26FN7O/c27-19-14-18(24(29)35)25(34-26(19)33-21-6-2-1-5-20(21)28)32-17-9-11-31-23(13-17)16-8-7-15-4-3-10-30-22(15)12-16/h3-4,7-14,20-21H,1-2,5-6,28H2,(H2,29,35)(H2,31,32,33,34). The number of benzene rings is 1. The van der Waals surface area contributed by atoms with Crippen LogP contribution in [0.25, 0.3) is 22.2 Å². The maximum Gasteiger partial charge on any atom is 0.252 e. The Hall–Kier alpha value is -4.11. The number of nitrogens with one attached hydrogen (secondary N) is 2. The van der Waals surface area contributed by atoms with E-state index in [0.717, 1.165) is 48.2 Å². The summed E-state index contributed by atoms with van der Waals surface area (Å²) in [6, 6.07) is 14.3. The van der Waals surface area contributed by atoms with Gasteiger partial charge in [0.05, 0.1) is 16.8 Å². The first-order chi connectivity index (χ1) is 17.0. The number of primary amides is 1. The van der Waals surface area contributed by atoms with Crippen molar-refractivity contribution in [2.24, 2.45) is 11.5 Å². The van der Waals surface area contributed by atoms with Crippen LogP contribution in [0.3, 0.4) is 0 Å². The summed E-state index contributed by atoms with van der Waals surface area (Å²) in [7, 11) is 0. The third-order valence-corrected chi connectivity index (χ3v) is 6.31. The molecule has 1 aliphatic rings. The normalized spacial score (nSPS) is 17.8. The first-order valence-electron chi connectivity index (χ1n) is 11.6. The summed E-state index contributed by atoms with van der Waals surface area (Å²) in [4.78, 5) is 25.3. The lowest BCUT2D eigenvalue weighted by atomic mass is 9.91. The van der Waals surface area contributed by atoms with E-state index in [1.165, 1.54) is 0 Å². The second-order valence-corrected chi connectivity index (χ2v) is 8.74. The molecule has 0 saturated heterocycles. The Balaban J connectivity index is 1.46. The molecule has 8 nitrogen and oxygen atoms in total. The molecule has 9 heteroatoms. The number of anilines is 3. The van der Waals surface area contributed by atoms with Crippen LogP contribution in [0.2, 0.25) is 0 Å². The number of pyridine rings is 3. The van der Waals surface area contributed by atoms with E-state index in [0.29, 0.717) is 11.4 Å². The van der Waals surface area contributed by atoms with Crippen LogP contribution >= 0.6 is 0 Å². The zero-order valence-corrected chi connectivity index (χ0v) is 19.0. The van der Waals surface area contributed by atoms with Gasteiger partial charge in [-0.25, -0.2) is 9.37 Å². The molecule has 178 valence electrons. The fraction of sp³-hybridized carbons (Fsp3) is 0.231. The maximum atomic E-state index is 14.8. The molecule has 2 unspecified atom stereocenters. The number of carbonyl (C=O) groups is 1. The highest BCUT2D eigenvalue weighted by atomic mass is 19.1. The number of aromatic nitrogens is 3. The monoisotopic (exact) mass is 471 g/mol. The Morgan fingerprint density at radius 3 is 2.69 bits per heavy atom. The van der Waals surface area contributed by atoms with E-state index in [4.69, 9.17) is 11.5 Å². The van der Waals surface area contributed by atoms with Gasteiger partial charge < -0.3 is 22.1 Å². The number of nitrogens with zero attached hydrogens (tertiary/aromatic N) is 3. The Labute approximate surface area is 202 Å². The fourth-order valence-corrected chi connectivity index (χ4v) is 4.42. The maximum absolute atomic E-state index is 14.8. The van der Waals surface area contributed by atoms with Crippen molar-refractivity contribution in [1.82, 2.24) is 15.0 Å². The number of rotatable bonds is 6. The van der Waals surface area contributed by atoms with Gasteiger partial charge in [-0.15, -0.1) is 0 Å². The van der Waals surface area contributed by atoms with Crippen molar-refractivity contribution in [3.8, 4) is 11.3 Å². The van der Waals surface area contributed by atoms with Crippen LogP contribution < -0.4 is 22.1 Å². The summed E-state index contributed by atoms with van der Waals surface area (Å²) in [6.07, 6.45) is 7.16. The first kappa shape index (κ1) is 22.7. The SMILES string of the molecule is NC(=O)c1cc(F)c(NC2CCCCC2N)nc1Nc1ccnc(-c2ccc3cccnc3c2)c1. The molecule has 6 N–H and O–H groups in total. The summed E-state index contributed by atoms with van der Waals surface area (Å²) in [6.45, 7) is 0. The van der Waals surface area contributed by atoms with E-state index in [1.807, 2.05) is 36.4 Å². The average Bonchev–Trinajstić information content (AvgIpc) is 2.87. The van der Waals surface area contributed by atoms with Gasteiger partial charge >= 0.3 is 0 Å². The third-order valence-electron chi connectivity index (χ3n) is 6.31. The zero-order valence-electron chi connectivity index (χ0n) is 19.0. The van der Waals surface area contributed by atoms with Gasteiger partial charge in [0.25, 0.3) is 5.91 Å². The highest BCUT2D eigenvalue weighted by Crippen LogP contribution is 2.29. The minimum absolute atomic E-state index is 0.0368. The topological polar surface area (TPSA) is 132 Å². The van der Waals surface area contributed by atoms with E-state index in [9.17, 15) is 9.18 Å². The molecule has 2 atom stereocenters. The van der Waals surface area contributed by atoms with Gasteiger partial charge in [0, 0.05) is 41.1 Å². The molecule has 4 aromatic rings. The molecule has 0 spiro atoms. The van der Waals surface area contributed by atoms with Gasteiger partial charge in [-0.2, -0.15) is 0 Å². The summed E-state index contributed by atoms with van der Waals surface area (Å²) >= 11 is 0. The predicted octanol–water partition coefficient (Wildman–Crippen LogP) is 4.36. The molecule has 35 heavy (non-hydrogen) atoms. The molecule has 3 aromatic heterocycles. The lowest BCUT2D eigenvalue weighted by Gasteiger charge is -2.30. The molecule has 1 amide bonds. The van der Waals surface area contributed by atoms with E-state index in [1.54, 1.807) is 18.5 Å². The van der Waals surface area contributed by atoms with Crippen LogP contribution in [0.5, 0.6) is 0 Å². The van der Waals surface area contributed by atoms with Crippen molar-refractivity contribution >= 4 is 34.1 Å². The summed E-state index contributed by atoms with van der Waals surface area (Å²) in [5.41, 5.74) is 14.8. The van der Waals surface area contributed by atoms with Crippen LogP contribution in [-0.2, 0) is 0 Å². The van der Waals surface area contributed by atoms with Crippen molar-refractivity contribution in [2.45, 2.75) is 37.8 Å². The molecule has 1 fully saturated rings. The number of amides is 1. The fourth-order valence-electron chi connectivity index (χ4n) is 4.42. The summed E-state index contributed by atoms with van der Waals surface area (Å²) in [5, 5.41) is 7.27. The van der Waals surface area contributed by atoms with Crippen molar-refractivity contribution in [3.05, 3.63) is 72.3 Å². The summed E-state index contributed by atoms with van der Waals surface area (Å²) < 4.78 is 14.8. The number of hydrogen-bond acceptors (Lipinski definition) is 7. The van der Waals surface area contributed by atoms with Gasteiger partial charge in [-0.05, 0) is 43.2 Å². The van der Waals surface area contributed by atoms with Crippen molar-refractivity contribution in [1.29, 1.82) is 0 Å². The third kappa shape index (κ3) is 4.90. The lowest BCUT2D eigenvalue weighted by Crippen LogP contribution is -2.43. The molecule has 1 aromatic carbocycles. The molecule has 0 radical (unpaired) electrons. The molecule has 5 rings (SSSR count). The van der Waals surface area contributed by atoms with E-state index >= 15 is 0 Å². The Kier molecular flexibility index (Phi) is 6.24. The van der Waals surface area contributed by atoms with E-state index in [-0.39, 0.29) is 29.3 Å². The molecular weight excluding hydrogens is 445 g/mol. The quantitative estimate of drug-likeness (QED) is 0.329. The van der Waals surface area contributed by atoms with Crippen LogP contribution in [-0.4, -0.2) is 32.9 Å². The number of halogens is 1. The van der Waals surface area contributed by atoms with Gasteiger partial charge in [-0.1, -0.05) is 31.0 Å². The molecular formula is C26H26FN7O. The van der Waals surface area contributed by atoms with Crippen molar-refractivity contribution in [2.75, 3.05) is 10.6 Å². The minimum atomic E-state index is -0.783. The number of fused-ring (bicyclic) bond motifs is 1. The van der Waals surface area contributed by atoms with Gasteiger partial charge in [-0.3, -0.25) is 14.8 Å². The van der Waals surface area contributed by atoms with Crippen LogP contribution in [0.15, 0.2) is 60.9 Å². The van der Waals surface area contributed by atoms with Crippen LogP contribution in [0.1, 0.15) is 36.0 Å². The number of carbonyl (C=O) groups excluding carboxylic acids is 1. The smallest absolute Gasteiger partial charge is 0.252 e. The van der Waals surface area contributed by atoms with Crippen LogP contribution in [0.4, 0.5) is 21.7 Å². The molecule has 1 aliphatic carbocycles. The second kappa shape index (κ2) is 9.63. The van der Waals surface area contributed by atoms with Crippen molar-refractivity contribution < 1.29 is 9.18 Å². The highest BCUT2D eigenvalue weighted by Gasteiger charge is 2.24. The molecule has 0 bridgehead atoms. The predicted molar refractivity (Wildman–Crippen MR) is 135 cm³/mol. The van der Waals surface area contributed by atoms with Gasteiger partial charge in [0.1, 0.15) is 5.82 Å². The average molecular weight is 472 g/mol. The summed E-state index contributed by atoms with van der Waals surface area (Å²) in [5.74, 6) is -1.24. The van der Waals surface area contributed by atoms with Gasteiger partial charge in [0.15, 0.2) is 11.6 Å². The Morgan fingerprint density at radius 2 is 1.86 bits per heavy atom. The zero-order chi connectivity index (χ0) is 24.4. The lowest BCUT2D eigenvalue weighted by molar-refractivity contribution is 0.100. The number of hydrogen-bond donors (Lipinski definition) is 4. The minimum Gasteiger partial charge on any atom is -0.365 e. The first-order valence-corrected chi connectivity index (χ1v) is 11.6. The van der Waals surface area contributed by atoms with Crippen molar-refractivity contribution in [3.63, 3.8) is 0 Å². The van der Waals surface area contributed by atoms with Gasteiger partial charge in [0.2, 0.25) is 0 Å².